The van der Waals surface area contributed by atoms with Crippen molar-refractivity contribution in [1.29, 1.82) is 0 Å². The number of carbonyl (C=O) groups is 1. The van der Waals surface area contributed by atoms with Gasteiger partial charge < -0.3 is 14.8 Å². The van der Waals surface area contributed by atoms with Crippen LogP contribution in [-0.2, 0) is 5.75 Å². The summed E-state index contributed by atoms with van der Waals surface area (Å²) in [6, 6.07) is 22.9. The molecule has 0 heterocycles. The van der Waals surface area contributed by atoms with Gasteiger partial charge in [-0.25, -0.2) is 0 Å². The van der Waals surface area contributed by atoms with E-state index in [2.05, 4.69) is 17.4 Å². The molecule has 0 aromatic heterocycles. The van der Waals surface area contributed by atoms with Gasteiger partial charge in [0, 0.05) is 33.5 Å². The molecular formula is C22H21NO3S. The molecule has 0 fully saturated rings. The van der Waals surface area contributed by atoms with E-state index in [1.807, 2.05) is 48.5 Å². The molecule has 3 aromatic carbocycles. The van der Waals surface area contributed by atoms with Crippen LogP contribution in [0, 0.1) is 0 Å². The molecule has 138 valence electrons. The van der Waals surface area contributed by atoms with Gasteiger partial charge in [-0.15, -0.1) is 11.8 Å². The number of rotatable bonds is 7. The van der Waals surface area contributed by atoms with E-state index in [1.54, 1.807) is 38.1 Å². The average Bonchev–Trinajstić information content (AvgIpc) is 2.72. The molecule has 0 bridgehead atoms. The van der Waals surface area contributed by atoms with Crippen LogP contribution in [0.15, 0.2) is 77.7 Å². The lowest BCUT2D eigenvalue weighted by Crippen LogP contribution is -2.12. The van der Waals surface area contributed by atoms with E-state index < -0.39 is 0 Å². The molecule has 0 saturated heterocycles. The predicted molar refractivity (Wildman–Crippen MR) is 110 cm³/mol. The molecular weight excluding hydrogens is 358 g/mol. The number of methoxy groups -OCH3 is 2. The van der Waals surface area contributed by atoms with Crippen molar-refractivity contribution in [2.75, 3.05) is 19.5 Å². The maximum Gasteiger partial charge on any atom is 0.255 e. The van der Waals surface area contributed by atoms with Gasteiger partial charge in [0.1, 0.15) is 11.5 Å². The van der Waals surface area contributed by atoms with Crippen LogP contribution in [0.2, 0.25) is 0 Å². The summed E-state index contributed by atoms with van der Waals surface area (Å²) in [7, 11) is 3.24. The predicted octanol–water partition coefficient (Wildman–Crippen LogP) is 5.25. The summed E-state index contributed by atoms with van der Waals surface area (Å²) in [5.74, 6) is 2.02. The van der Waals surface area contributed by atoms with Crippen LogP contribution in [-0.4, -0.2) is 20.1 Å². The highest BCUT2D eigenvalue weighted by molar-refractivity contribution is 7.98. The van der Waals surface area contributed by atoms with Crippen LogP contribution in [0.25, 0.3) is 0 Å². The average molecular weight is 379 g/mol. The zero-order chi connectivity index (χ0) is 19.1. The molecule has 4 nitrogen and oxygen atoms in total. The number of benzene rings is 3. The Morgan fingerprint density at radius 3 is 2.48 bits per heavy atom. The van der Waals surface area contributed by atoms with Crippen molar-refractivity contribution in [3.05, 3.63) is 83.9 Å². The minimum atomic E-state index is -0.170. The smallest absolute Gasteiger partial charge is 0.255 e. The monoisotopic (exact) mass is 379 g/mol. The quantitative estimate of drug-likeness (QED) is 0.570. The van der Waals surface area contributed by atoms with Crippen LogP contribution < -0.4 is 14.8 Å². The first-order valence-electron chi connectivity index (χ1n) is 8.50. The summed E-state index contributed by atoms with van der Waals surface area (Å²) in [5.41, 5.74) is 2.25. The first kappa shape index (κ1) is 18.9. The molecule has 3 aromatic rings. The Balaban J connectivity index is 1.76. The lowest BCUT2D eigenvalue weighted by molar-refractivity contribution is 0.102. The fraction of sp³-hybridized carbons (Fsp3) is 0.136. The number of hydrogen-bond donors (Lipinski definition) is 1. The Morgan fingerprint density at radius 2 is 1.74 bits per heavy atom. The van der Waals surface area contributed by atoms with Crippen LogP contribution in [0.3, 0.4) is 0 Å². The SMILES string of the molecule is COc1cccc(NC(=O)c2ccc(OC)c(CSc3ccccc3)c2)c1. The molecule has 0 atom stereocenters. The second-order valence-corrected chi connectivity index (χ2v) is 6.86. The maximum absolute atomic E-state index is 12.6. The Bertz CT molecular complexity index is 912. The number of nitrogens with one attached hydrogen (secondary N) is 1. The molecule has 0 unspecified atom stereocenters. The van der Waals surface area contributed by atoms with Gasteiger partial charge in [0.25, 0.3) is 5.91 Å². The van der Waals surface area contributed by atoms with E-state index in [4.69, 9.17) is 9.47 Å². The lowest BCUT2D eigenvalue weighted by atomic mass is 10.1. The fourth-order valence-electron chi connectivity index (χ4n) is 2.61. The topological polar surface area (TPSA) is 47.6 Å². The third kappa shape index (κ3) is 5.05. The standard InChI is InChI=1S/C22H21NO3S/c1-25-19-8-6-7-18(14-19)23-22(24)16-11-12-21(26-2)17(13-16)15-27-20-9-4-3-5-10-20/h3-14H,15H2,1-2H3,(H,23,24). The second-order valence-electron chi connectivity index (χ2n) is 5.81. The number of thioether (sulfide) groups is 1. The van der Waals surface area contributed by atoms with Gasteiger partial charge in [0.15, 0.2) is 0 Å². The van der Waals surface area contributed by atoms with Crippen molar-refractivity contribution < 1.29 is 14.3 Å². The molecule has 5 heteroatoms. The Labute approximate surface area is 163 Å². The Morgan fingerprint density at radius 1 is 0.926 bits per heavy atom. The number of carbonyl (C=O) groups excluding carboxylic acids is 1. The molecule has 1 N–H and O–H groups in total. The molecule has 0 radical (unpaired) electrons. The van der Waals surface area contributed by atoms with E-state index in [0.717, 1.165) is 11.3 Å². The first-order valence-corrected chi connectivity index (χ1v) is 9.48. The highest BCUT2D eigenvalue weighted by Crippen LogP contribution is 2.29. The number of hydrogen-bond acceptors (Lipinski definition) is 4. The zero-order valence-corrected chi connectivity index (χ0v) is 16.1. The summed E-state index contributed by atoms with van der Waals surface area (Å²) in [4.78, 5) is 13.8. The third-order valence-corrected chi connectivity index (χ3v) is 5.07. The van der Waals surface area contributed by atoms with E-state index in [1.165, 1.54) is 4.90 Å². The van der Waals surface area contributed by atoms with Gasteiger partial charge in [-0.2, -0.15) is 0 Å². The molecule has 0 spiro atoms. The number of amides is 1. The lowest BCUT2D eigenvalue weighted by Gasteiger charge is -2.12. The van der Waals surface area contributed by atoms with Crippen LogP contribution in [0.4, 0.5) is 5.69 Å². The van der Waals surface area contributed by atoms with Crippen LogP contribution in [0.5, 0.6) is 11.5 Å². The van der Waals surface area contributed by atoms with Crippen LogP contribution >= 0.6 is 11.8 Å². The van der Waals surface area contributed by atoms with E-state index in [-0.39, 0.29) is 5.91 Å². The molecule has 3 rings (SSSR count). The second kappa shape index (κ2) is 9.14. The highest BCUT2D eigenvalue weighted by Gasteiger charge is 2.11. The van der Waals surface area contributed by atoms with Gasteiger partial charge in [-0.05, 0) is 42.5 Å². The fourth-order valence-corrected chi connectivity index (χ4v) is 3.51. The Kier molecular flexibility index (Phi) is 6.39. The van der Waals surface area contributed by atoms with Gasteiger partial charge in [-0.1, -0.05) is 24.3 Å². The van der Waals surface area contributed by atoms with Crippen molar-refractivity contribution in [2.24, 2.45) is 0 Å². The van der Waals surface area contributed by atoms with Crippen molar-refractivity contribution in [3.63, 3.8) is 0 Å². The van der Waals surface area contributed by atoms with Crippen molar-refractivity contribution >= 4 is 23.4 Å². The molecule has 0 saturated carbocycles. The van der Waals surface area contributed by atoms with Gasteiger partial charge in [-0.3, -0.25) is 4.79 Å². The minimum Gasteiger partial charge on any atom is -0.497 e. The van der Waals surface area contributed by atoms with Crippen molar-refractivity contribution in [1.82, 2.24) is 0 Å². The summed E-state index contributed by atoms with van der Waals surface area (Å²) < 4.78 is 10.7. The molecule has 0 aliphatic carbocycles. The zero-order valence-electron chi connectivity index (χ0n) is 15.3. The van der Waals surface area contributed by atoms with Crippen molar-refractivity contribution in [2.45, 2.75) is 10.6 Å². The normalized spacial score (nSPS) is 10.3. The molecule has 27 heavy (non-hydrogen) atoms. The number of anilines is 1. The summed E-state index contributed by atoms with van der Waals surface area (Å²) >= 11 is 1.70. The van der Waals surface area contributed by atoms with Crippen molar-refractivity contribution in [3.8, 4) is 11.5 Å². The number of ether oxygens (including phenoxy) is 2. The van der Waals surface area contributed by atoms with E-state index in [9.17, 15) is 4.79 Å². The summed E-state index contributed by atoms with van der Waals surface area (Å²) in [5, 5.41) is 2.90. The molecule has 0 aliphatic rings. The van der Waals surface area contributed by atoms with Gasteiger partial charge in [0.2, 0.25) is 0 Å². The summed E-state index contributed by atoms with van der Waals surface area (Å²) in [6.45, 7) is 0. The highest BCUT2D eigenvalue weighted by atomic mass is 32.2. The minimum absolute atomic E-state index is 0.170. The van der Waals surface area contributed by atoms with Gasteiger partial charge in [0.05, 0.1) is 14.2 Å². The third-order valence-electron chi connectivity index (χ3n) is 4.01. The van der Waals surface area contributed by atoms with E-state index in [0.29, 0.717) is 22.8 Å². The Hall–Kier alpha value is -2.92. The van der Waals surface area contributed by atoms with Gasteiger partial charge >= 0.3 is 0 Å². The molecule has 1 amide bonds. The van der Waals surface area contributed by atoms with E-state index >= 15 is 0 Å². The molecule has 0 aliphatic heterocycles. The first-order chi connectivity index (χ1) is 13.2. The summed E-state index contributed by atoms with van der Waals surface area (Å²) in [6.07, 6.45) is 0. The largest absolute Gasteiger partial charge is 0.497 e. The van der Waals surface area contributed by atoms with Crippen LogP contribution in [0.1, 0.15) is 15.9 Å². The maximum atomic E-state index is 12.6.